The summed E-state index contributed by atoms with van der Waals surface area (Å²) in [6, 6.07) is 6.65. The number of carbonyl (C=O) groups is 1. The minimum atomic E-state index is -1.51. The first kappa shape index (κ1) is 17.3. The Balaban J connectivity index is 1.97. The highest BCUT2D eigenvalue weighted by Gasteiger charge is 2.43. The van der Waals surface area contributed by atoms with E-state index in [2.05, 4.69) is 26.8 Å². The molecule has 2 rings (SSSR count). The second kappa shape index (κ2) is 7.47. The van der Waals surface area contributed by atoms with Gasteiger partial charge in [0.15, 0.2) is 6.23 Å². The van der Waals surface area contributed by atoms with Crippen molar-refractivity contribution in [2.45, 2.75) is 30.6 Å². The van der Waals surface area contributed by atoms with Gasteiger partial charge in [0.25, 0.3) is 5.91 Å². The molecule has 0 spiro atoms. The number of halogens is 1. The monoisotopic (exact) mass is 376 g/mol. The Morgan fingerprint density at radius 2 is 1.95 bits per heavy atom. The molecule has 0 unspecified atom stereocenters. The van der Waals surface area contributed by atoms with Crippen LogP contribution in [0.2, 0.25) is 0 Å². The summed E-state index contributed by atoms with van der Waals surface area (Å²) in [7, 11) is 0. The van der Waals surface area contributed by atoms with Gasteiger partial charge in [0.1, 0.15) is 24.4 Å². The Morgan fingerprint density at radius 1 is 1.23 bits per heavy atom. The van der Waals surface area contributed by atoms with Crippen LogP contribution >= 0.6 is 15.9 Å². The molecule has 0 radical (unpaired) electrons. The highest BCUT2D eigenvalue weighted by Crippen LogP contribution is 2.19. The van der Waals surface area contributed by atoms with Gasteiger partial charge in [-0.15, -0.1) is 0 Å². The van der Waals surface area contributed by atoms with Crippen molar-refractivity contribution in [3.05, 3.63) is 34.3 Å². The van der Waals surface area contributed by atoms with Gasteiger partial charge in [0.05, 0.1) is 6.61 Å². The van der Waals surface area contributed by atoms with E-state index in [1.807, 2.05) is 0 Å². The predicted octanol–water partition coefficient (Wildman–Crippen LogP) is -1.52. The van der Waals surface area contributed by atoms with Crippen LogP contribution in [0.3, 0.4) is 0 Å². The summed E-state index contributed by atoms with van der Waals surface area (Å²) in [5.74, 6) is -0.474. The third kappa shape index (κ3) is 3.82. The number of aliphatic hydroxyl groups is 4. The fourth-order valence-electron chi connectivity index (χ4n) is 2.06. The van der Waals surface area contributed by atoms with Gasteiger partial charge in [0, 0.05) is 10.0 Å². The van der Waals surface area contributed by atoms with E-state index in [1.165, 1.54) is 0 Å². The Bertz CT molecular complexity index is 529. The molecular formula is C13H17BrN2O6. The van der Waals surface area contributed by atoms with E-state index in [0.29, 0.717) is 5.56 Å². The zero-order valence-electron chi connectivity index (χ0n) is 11.4. The Morgan fingerprint density at radius 3 is 2.59 bits per heavy atom. The highest BCUT2D eigenvalue weighted by molar-refractivity contribution is 9.10. The van der Waals surface area contributed by atoms with E-state index in [0.717, 1.165) is 4.47 Å². The van der Waals surface area contributed by atoms with Crippen molar-refractivity contribution in [1.29, 1.82) is 0 Å². The summed E-state index contributed by atoms with van der Waals surface area (Å²) in [6.45, 7) is -0.539. The first-order valence-electron chi connectivity index (χ1n) is 6.56. The molecular weight excluding hydrogens is 360 g/mol. The van der Waals surface area contributed by atoms with Crippen LogP contribution < -0.4 is 10.9 Å². The van der Waals surface area contributed by atoms with E-state index in [4.69, 9.17) is 9.84 Å². The molecule has 22 heavy (non-hydrogen) atoms. The largest absolute Gasteiger partial charge is 0.394 e. The summed E-state index contributed by atoms with van der Waals surface area (Å²) >= 11 is 3.25. The predicted molar refractivity (Wildman–Crippen MR) is 78.5 cm³/mol. The minimum Gasteiger partial charge on any atom is -0.394 e. The molecule has 1 aromatic rings. The number of amides is 1. The fourth-order valence-corrected chi connectivity index (χ4v) is 2.46. The number of hydrazine groups is 1. The molecule has 1 aliphatic heterocycles. The van der Waals surface area contributed by atoms with Crippen LogP contribution in [-0.2, 0) is 4.74 Å². The lowest BCUT2D eigenvalue weighted by Crippen LogP contribution is -2.64. The molecule has 9 heteroatoms. The Labute approximate surface area is 134 Å². The normalized spacial score (nSPS) is 31.8. The van der Waals surface area contributed by atoms with E-state index in [9.17, 15) is 20.1 Å². The van der Waals surface area contributed by atoms with Gasteiger partial charge in [-0.05, 0) is 18.2 Å². The first-order valence-corrected chi connectivity index (χ1v) is 7.35. The van der Waals surface area contributed by atoms with Crippen LogP contribution in [0, 0.1) is 0 Å². The lowest BCUT2D eigenvalue weighted by Gasteiger charge is -2.40. The number of aliphatic hydroxyl groups excluding tert-OH is 4. The smallest absolute Gasteiger partial charge is 0.265 e. The molecule has 1 aromatic carbocycles. The summed E-state index contributed by atoms with van der Waals surface area (Å²) in [5, 5.41) is 38.2. The second-order valence-electron chi connectivity index (χ2n) is 4.86. The quantitative estimate of drug-likeness (QED) is 0.352. The van der Waals surface area contributed by atoms with E-state index < -0.39 is 43.2 Å². The van der Waals surface area contributed by atoms with Gasteiger partial charge in [-0.25, -0.2) is 5.43 Å². The van der Waals surface area contributed by atoms with Gasteiger partial charge in [-0.3, -0.25) is 10.2 Å². The lowest BCUT2D eigenvalue weighted by atomic mass is 9.99. The first-order chi connectivity index (χ1) is 10.4. The number of ether oxygens (including phenoxy) is 1. The minimum absolute atomic E-state index is 0.367. The van der Waals surface area contributed by atoms with Crippen LogP contribution in [0.4, 0.5) is 0 Å². The number of benzene rings is 1. The lowest BCUT2D eigenvalue weighted by molar-refractivity contribution is -0.238. The van der Waals surface area contributed by atoms with Crippen molar-refractivity contribution >= 4 is 21.8 Å². The van der Waals surface area contributed by atoms with Crippen LogP contribution in [0.5, 0.6) is 0 Å². The summed E-state index contributed by atoms with van der Waals surface area (Å²) in [4.78, 5) is 12.0. The number of hydrogen-bond donors (Lipinski definition) is 6. The molecule has 1 aliphatic rings. The summed E-state index contributed by atoms with van der Waals surface area (Å²) < 4.78 is 5.93. The number of nitrogens with one attached hydrogen (secondary N) is 2. The third-order valence-electron chi connectivity index (χ3n) is 3.31. The molecule has 0 aromatic heterocycles. The average Bonchev–Trinajstić information content (AvgIpc) is 2.51. The van der Waals surface area contributed by atoms with Crippen LogP contribution in [0.15, 0.2) is 28.7 Å². The third-order valence-corrected chi connectivity index (χ3v) is 3.80. The van der Waals surface area contributed by atoms with Crippen molar-refractivity contribution in [2.75, 3.05) is 6.61 Å². The zero-order valence-corrected chi connectivity index (χ0v) is 13.0. The molecule has 1 amide bonds. The number of rotatable bonds is 4. The Kier molecular flexibility index (Phi) is 5.87. The van der Waals surface area contributed by atoms with Gasteiger partial charge in [-0.2, -0.15) is 0 Å². The molecule has 5 atom stereocenters. The fraction of sp³-hybridized carbons (Fsp3) is 0.462. The van der Waals surface area contributed by atoms with E-state index >= 15 is 0 Å². The van der Waals surface area contributed by atoms with Crippen molar-refractivity contribution in [1.82, 2.24) is 10.9 Å². The molecule has 1 fully saturated rings. The molecule has 6 N–H and O–H groups in total. The van der Waals surface area contributed by atoms with Gasteiger partial charge >= 0.3 is 0 Å². The van der Waals surface area contributed by atoms with Crippen molar-refractivity contribution in [3.8, 4) is 0 Å². The van der Waals surface area contributed by atoms with Crippen molar-refractivity contribution < 1.29 is 30.0 Å². The number of hydrogen-bond acceptors (Lipinski definition) is 7. The topological polar surface area (TPSA) is 131 Å². The molecule has 0 aliphatic carbocycles. The van der Waals surface area contributed by atoms with Crippen LogP contribution in [0.25, 0.3) is 0 Å². The SMILES string of the molecule is O=C(NN[C@@H]1O[C@H](CO)[C@H](O)[C@H](O)[C@@H]1O)c1cccc(Br)c1. The van der Waals surface area contributed by atoms with Gasteiger partial charge in [0.2, 0.25) is 0 Å². The second-order valence-corrected chi connectivity index (χ2v) is 5.77. The maximum Gasteiger partial charge on any atom is 0.265 e. The average molecular weight is 377 g/mol. The molecule has 122 valence electrons. The maximum absolute atomic E-state index is 12.0. The molecule has 1 heterocycles. The van der Waals surface area contributed by atoms with E-state index in [1.54, 1.807) is 24.3 Å². The highest BCUT2D eigenvalue weighted by atomic mass is 79.9. The maximum atomic E-state index is 12.0. The van der Waals surface area contributed by atoms with Gasteiger partial charge < -0.3 is 25.2 Å². The summed E-state index contributed by atoms with van der Waals surface area (Å²) in [5.41, 5.74) is 5.14. The van der Waals surface area contributed by atoms with Crippen LogP contribution in [-0.4, -0.2) is 63.6 Å². The zero-order chi connectivity index (χ0) is 16.3. The van der Waals surface area contributed by atoms with Gasteiger partial charge in [-0.1, -0.05) is 22.0 Å². The Hall–Kier alpha value is -1.07. The molecule has 0 bridgehead atoms. The van der Waals surface area contributed by atoms with Crippen molar-refractivity contribution in [2.24, 2.45) is 0 Å². The standard InChI is InChI=1S/C13H17BrN2O6/c14-7-3-1-2-6(4-7)12(21)15-16-13-11(20)10(19)9(18)8(5-17)22-13/h1-4,8-11,13,16-20H,5H2,(H,15,21)/t8-,9+,10+,11+,13-/m1/s1. The van der Waals surface area contributed by atoms with Crippen molar-refractivity contribution in [3.63, 3.8) is 0 Å². The summed E-state index contributed by atoms with van der Waals surface area (Å²) in [6.07, 6.45) is -6.64. The number of carbonyl (C=O) groups excluding carboxylic acids is 1. The van der Waals surface area contributed by atoms with Crippen LogP contribution in [0.1, 0.15) is 10.4 Å². The molecule has 0 saturated carbocycles. The molecule has 8 nitrogen and oxygen atoms in total. The molecule has 1 saturated heterocycles. The van der Waals surface area contributed by atoms with E-state index in [-0.39, 0.29) is 0 Å².